The van der Waals surface area contributed by atoms with E-state index in [-0.39, 0.29) is 32.5 Å². The number of hydrogen-bond donors (Lipinski definition) is 4. The molecule has 6 heteroatoms. The number of nitrogens with two attached hydrogens (primary N) is 1. The quantitative estimate of drug-likeness (QED) is 0.389. The minimum Gasteiger partial charge on any atom is -0.394 e. The topological polar surface area (TPSA) is 105 Å². The van der Waals surface area contributed by atoms with Crippen LogP contribution in [0.25, 0.3) is 0 Å². The predicted octanol–water partition coefficient (Wildman–Crippen LogP) is 0.421. The van der Waals surface area contributed by atoms with Gasteiger partial charge in [0.25, 0.3) is 0 Å². The zero-order valence-corrected chi connectivity index (χ0v) is 13.5. The fraction of sp³-hybridized carbons (Fsp3) is 1.00. The summed E-state index contributed by atoms with van der Waals surface area (Å²) in [5.74, 6) is 0.805. The molecule has 0 aromatic rings. The lowest BCUT2D eigenvalue weighted by Gasteiger charge is -2.29. The number of ether oxygens (including phenoxy) is 2. The Morgan fingerprint density at radius 1 is 0.955 bits per heavy atom. The van der Waals surface area contributed by atoms with Crippen molar-refractivity contribution in [3.8, 4) is 0 Å². The van der Waals surface area contributed by atoms with E-state index in [4.69, 9.17) is 25.4 Å². The molecule has 1 fully saturated rings. The molecule has 2 unspecified atom stereocenters. The first-order valence-electron chi connectivity index (χ1n) is 8.52. The normalized spacial score (nSPS) is 25.1. The highest BCUT2D eigenvalue weighted by Crippen LogP contribution is 2.29. The van der Waals surface area contributed by atoms with Crippen LogP contribution in [0.4, 0.5) is 0 Å². The molecule has 5 N–H and O–H groups in total. The second kappa shape index (κ2) is 12.2. The Balaban J connectivity index is 2.01. The van der Waals surface area contributed by atoms with Crippen molar-refractivity contribution in [3.05, 3.63) is 0 Å². The monoisotopic (exact) mass is 319 g/mol. The van der Waals surface area contributed by atoms with Gasteiger partial charge in [0, 0.05) is 0 Å². The zero-order chi connectivity index (χ0) is 16.2. The van der Waals surface area contributed by atoms with Gasteiger partial charge in [0.2, 0.25) is 0 Å². The maximum Gasteiger partial charge on any atom is 0.101 e. The number of aliphatic hydroxyl groups excluding tert-OH is 3. The highest BCUT2D eigenvalue weighted by molar-refractivity contribution is 4.73. The SMILES string of the molecule is NCCCCC1CCC(OCC(O)COCC(O)CO)CC1. The summed E-state index contributed by atoms with van der Waals surface area (Å²) >= 11 is 0. The second-order valence-electron chi connectivity index (χ2n) is 6.29. The van der Waals surface area contributed by atoms with Gasteiger partial charge in [-0.05, 0) is 44.6 Å². The van der Waals surface area contributed by atoms with Crippen LogP contribution in [-0.4, -0.2) is 66.6 Å². The molecule has 0 amide bonds. The summed E-state index contributed by atoms with van der Waals surface area (Å²) in [5, 5.41) is 27.5. The van der Waals surface area contributed by atoms with E-state index in [1.54, 1.807) is 0 Å². The molecule has 0 aliphatic heterocycles. The Bertz CT molecular complexity index is 259. The summed E-state index contributed by atoms with van der Waals surface area (Å²) in [6.07, 6.45) is 6.80. The molecule has 1 aliphatic carbocycles. The summed E-state index contributed by atoms with van der Waals surface area (Å²) in [4.78, 5) is 0. The Morgan fingerprint density at radius 2 is 1.64 bits per heavy atom. The molecule has 1 aliphatic rings. The van der Waals surface area contributed by atoms with Crippen molar-refractivity contribution in [3.63, 3.8) is 0 Å². The van der Waals surface area contributed by atoms with Crippen molar-refractivity contribution in [1.29, 1.82) is 0 Å². The Morgan fingerprint density at radius 3 is 2.27 bits per heavy atom. The molecule has 0 heterocycles. The maximum absolute atomic E-state index is 9.75. The van der Waals surface area contributed by atoms with Crippen molar-refractivity contribution >= 4 is 0 Å². The Hall–Kier alpha value is -0.240. The van der Waals surface area contributed by atoms with Gasteiger partial charge in [-0.15, -0.1) is 0 Å². The number of aliphatic hydroxyl groups is 3. The van der Waals surface area contributed by atoms with Crippen LogP contribution in [0, 0.1) is 5.92 Å². The molecule has 0 radical (unpaired) electrons. The van der Waals surface area contributed by atoms with E-state index in [2.05, 4.69) is 0 Å². The van der Waals surface area contributed by atoms with Gasteiger partial charge in [-0.25, -0.2) is 0 Å². The van der Waals surface area contributed by atoms with Crippen LogP contribution in [0.2, 0.25) is 0 Å². The summed E-state index contributed by atoms with van der Waals surface area (Å²) < 4.78 is 10.9. The molecule has 0 aromatic heterocycles. The van der Waals surface area contributed by atoms with E-state index in [0.29, 0.717) is 0 Å². The molecule has 132 valence electrons. The molecular formula is C16H33NO5. The average Bonchev–Trinajstić information content (AvgIpc) is 2.54. The van der Waals surface area contributed by atoms with E-state index in [1.807, 2.05) is 0 Å². The maximum atomic E-state index is 9.75. The summed E-state index contributed by atoms with van der Waals surface area (Å²) in [6, 6.07) is 0. The van der Waals surface area contributed by atoms with Gasteiger partial charge < -0.3 is 30.5 Å². The third kappa shape index (κ3) is 9.02. The highest BCUT2D eigenvalue weighted by Gasteiger charge is 2.22. The molecule has 1 rings (SSSR count). The van der Waals surface area contributed by atoms with Crippen LogP contribution in [-0.2, 0) is 9.47 Å². The van der Waals surface area contributed by atoms with Crippen LogP contribution in [0.15, 0.2) is 0 Å². The van der Waals surface area contributed by atoms with Crippen molar-refractivity contribution in [2.24, 2.45) is 11.7 Å². The molecule has 1 saturated carbocycles. The largest absolute Gasteiger partial charge is 0.394 e. The molecule has 0 bridgehead atoms. The lowest BCUT2D eigenvalue weighted by atomic mass is 9.84. The predicted molar refractivity (Wildman–Crippen MR) is 84.5 cm³/mol. The lowest BCUT2D eigenvalue weighted by molar-refractivity contribution is -0.0701. The smallest absolute Gasteiger partial charge is 0.101 e. The molecule has 6 nitrogen and oxygen atoms in total. The molecule has 0 saturated heterocycles. The van der Waals surface area contributed by atoms with Crippen molar-refractivity contribution < 1.29 is 24.8 Å². The summed E-state index contributed by atoms with van der Waals surface area (Å²) in [5.41, 5.74) is 5.51. The van der Waals surface area contributed by atoms with Crippen LogP contribution < -0.4 is 5.73 Å². The molecule has 22 heavy (non-hydrogen) atoms. The third-order valence-electron chi connectivity index (χ3n) is 4.22. The van der Waals surface area contributed by atoms with Gasteiger partial charge in [-0.1, -0.05) is 12.8 Å². The zero-order valence-electron chi connectivity index (χ0n) is 13.5. The van der Waals surface area contributed by atoms with E-state index in [9.17, 15) is 5.11 Å². The second-order valence-corrected chi connectivity index (χ2v) is 6.29. The third-order valence-corrected chi connectivity index (χ3v) is 4.22. The van der Waals surface area contributed by atoms with E-state index < -0.39 is 12.2 Å². The Labute approximate surface area is 133 Å². The number of hydrogen-bond acceptors (Lipinski definition) is 6. The lowest BCUT2D eigenvalue weighted by Crippen LogP contribution is -2.30. The van der Waals surface area contributed by atoms with E-state index in [0.717, 1.165) is 31.7 Å². The van der Waals surface area contributed by atoms with Crippen molar-refractivity contribution in [2.75, 3.05) is 33.0 Å². The van der Waals surface area contributed by atoms with E-state index in [1.165, 1.54) is 25.7 Å². The molecular weight excluding hydrogens is 286 g/mol. The van der Waals surface area contributed by atoms with Crippen molar-refractivity contribution in [1.82, 2.24) is 0 Å². The first-order chi connectivity index (χ1) is 10.7. The standard InChI is InChI=1S/C16H33NO5/c17-8-2-1-3-13-4-6-16(7-5-13)22-12-15(20)11-21-10-14(19)9-18/h13-16,18-20H,1-12,17H2. The summed E-state index contributed by atoms with van der Waals surface area (Å²) in [6.45, 7) is 0.861. The summed E-state index contributed by atoms with van der Waals surface area (Å²) in [7, 11) is 0. The van der Waals surface area contributed by atoms with Gasteiger partial charge in [0.15, 0.2) is 0 Å². The number of unbranched alkanes of at least 4 members (excludes halogenated alkanes) is 1. The fourth-order valence-corrected chi connectivity index (χ4v) is 2.85. The molecule has 0 aromatic carbocycles. The Kier molecular flexibility index (Phi) is 11.0. The van der Waals surface area contributed by atoms with Crippen LogP contribution in [0.3, 0.4) is 0 Å². The van der Waals surface area contributed by atoms with Gasteiger partial charge >= 0.3 is 0 Å². The number of rotatable bonds is 12. The average molecular weight is 319 g/mol. The van der Waals surface area contributed by atoms with Gasteiger partial charge in [0.1, 0.15) is 12.2 Å². The van der Waals surface area contributed by atoms with Gasteiger partial charge in [0.05, 0.1) is 32.5 Å². The van der Waals surface area contributed by atoms with Crippen LogP contribution >= 0.6 is 0 Å². The highest BCUT2D eigenvalue weighted by atomic mass is 16.5. The minimum absolute atomic E-state index is 0.0292. The van der Waals surface area contributed by atoms with Gasteiger partial charge in [-0.2, -0.15) is 0 Å². The minimum atomic E-state index is -0.886. The first-order valence-corrected chi connectivity index (χ1v) is 8.52. The van der Waals surface area contributed by atoms with E-state index >= 15 is 0 Å². The van der Waals surface area contributed by atoms with Crippen molar-refractivity contribution in [2.45, 2.75) is 63.3 Å². The first kappa shape index (κ1) is 19.8. The van der Waals surface area contributed by atoms with Crippen LogP contribution in [0.1, 0.15) is 44.9 Å². The molecule has 0 spiro atoms. The van der Waals surface area contributed by atoms with Gasteiger partial charge in [-0.3, -0.25) is 0 Å². The fourth-order valence-electron chi connectivity index (χ4n) is 2.85. The van der Waals surface area contributed by atoms with Crippen LogP contribution in [0.5, 0.6) is 0 Å². The molecule has 2 atom stereocenters.